The number of carbonyl (C=O) groups is 2. The Morgan fingerprint density at radius 2 is 1.90 bits per heavy atom. The van der Waals surface area contributed by atoms with E-state index in [1.54, 1.807) is 39.0 Å². The molecular formula is C14H16N2O4. The molecule has 6 heteroatoms. The van der Waals surface area contributed by atoms with Crippen molar-refractivity contribution in [3.63, 3.8) is 0 Å². The molecule has 6 nitrogen and oxygen atoms in total. The van der Waals surface area contributed by atoms with Gasteiger partial charge in [-0.25, -0.2) is 14.2 Å². The summed E-state index contributed by atoms with van der Waals surface area (Å²) in [4.78, 5) is 23.5. The van der Waals surface area contributed by atoms with Gasteiger partial charge in [-0.05, 0) is 45.0 Å². The summed E-state index contributed by atoms with van der Waals surface area (Å²) in [6.07, 6.45) is -0.727. The highest BCUT2D eigenvalue weighted by Crippen LogP contribution is 2.24. The lowest BCUT2D eigenvalue weighted by atomic mass is 10.2. The average molecular weight is 276 g/mol. The number of ether oxygens (including phenoxy) is 1. The molecule has 1 aromatic heterocycles. The fourth-order valence-electron chi connectivity index (χ4n) is 1.90. The van der Waals surface area contributed by atoms with Crippen molar-refractivity contribution in [1.29, 1.82) is 0 Å². The van der Waals surface area contributed by atoms with Crippen LogP contribution in [0.3, 0.4) is 0 Å². The van der Waals surface area contributed by atoms with Gasteiger partial charge in [0.1, 0.15) is 11.3 Å². The van der Waals surface area contributed by atoms with Gasteiger partial charge in [-0.1, -0.05) is 0 Å². The van der Waals surface area contributed by atoms with Crippen molar-refractivity contribution < 1.29 is 19.4 Å². The quantitative estimate of drug-likeness (QED) is 0.781. The first-order valence-corrected chi connectivity index (χ1v) is 6.06. The van der Waals surface area contributed by atoms with Crippen LogP contribution in [-0.2, 0) is 4.74 Å². The smallest absolute Gasteiger partial charge is 0.419 e. The van der Waals surface area contributed by atoms with E-state index in [-0.39, 0.29) is 5.69 Å². The van der Waals surface area contributed by atoms with Gasteiger partial charge in [0.15, 0.2) is 0 Å². The first-order valence-electron chi connectivity index (χ1n) is 6.06. The summed E-state index contributed by atoms with van der Waals surface area (Å²) in [5.41, 5.74) is 5.75. The van der Waals surface area contributed by atoms with Crippen molar-refractivity contribution in [2.75, 3.05) is 5.73 Å². The molecule has 0 saturated heterocycles. The van der Waals surface area contributed by atoms with Crippen molar-refractivity contribution >= 4 is 28.7 Å². The minimum Gasteiger partial charge on any atom is -0.477 e. The Bertz CT molecular complexity index is 695. The molecule has 3 N–H and O–H groups in total. The van der Waals surface area contributed by atoms with Gasteiger partial charge in [0.2, 0.25) is 0 Å². The Morgan fingerprint density at radius 1 is 1.25 bits per heavy atom. The van der Waals surface area contributed by atoms with E-state index in [0.717, 1.165) is 4.57 Å². The molecule has 0 aliphatic carbocycles. The van der Waals surface area contributed by atoms with Gasteiger partial charge in [-0.2, -0.15) is 0 Å². The zero-order valence-electron chi connectivity index (χ0n) is 11.5. The number of aromatic nitrogens is 1. The first-order chi connectivity index (χ1) is 9.19. The maximum Gasteiger partial charge on any atom is 0.419 e. The molecule has 0 aliphatic heterocycles. The molecule has 0 radical (unpaired) electrons. The van der Waals surface area contributed by atoms with Gasteiger partial charge < -0.3 is 15.6 Å². The lowest BCUT2D eigenvalue weighted by molar-refractivity contribution is 0.0513. The number of hydrogen-bond acceptors (Lipinski definition) is 4. The number of nitrogens with two attached hydrogens (primary N) is 1. The molecule has 0 unspecified atom stereocenters. The molecule has 106 valence electrons. The second-order valence-electron chi connectivity index (χ2n) is 5.47. The second-order valence-corrected chi connectivity index (χ2v) is 5.47. The van der Waals surface area contributed by atoms with Crippen LogP contribution in [0.4, 0.5) is 10.5 Å². The molecule has 0 amide bonds. The Kier molecular flexibility index (Phi) is 3.17. The lowest BCUT2D eigenvalue weighted by Crippen LogP contribution is -2.28. The number of aromatic carboxylic acids is 1. The standard InChI is InChI=1S/C14H16N2O4/c1-14(2,3)20-13(19)16-10-5-4-9(15)6-8(10)7-11(16)12(17)18/h4-7H,15H2,1-3H3,(H,17,18). The predicted octanol–water partition coefficient (Wildman–Crippen LogP) is 2.70. The normalized spacial score (nSPS) is 11.6. The van der Waals surface area contributed by atoms with Crippen molar-refractivity contribution in [3.8, 4) is 0 Å². The summed E-state index contributed by atoms with van der Waals surface area (Å²) in [6.45, 7) is 5.15. The molecule has 2 rings (SSSR count). The number of carboxylic acid groups (broad SMARTS) is 1. The van der Waals surface area contributed by atoms with Crippen LogP contribution in [0.15, 0.2) is 24.3 Å². The van der Waals surface area contributed by atoms with Gasteiger partial charge in [0.25, 0.3) is 0 Å². The summed E-state index contributed by atoms with van der Waals surface area (Å²) >= 11 is 0. The number of benzene rings is 1. The highest BCUT2D eigenvalue weighted by Gasteiger charge is 2.24. The Balaban J connectivity index is 2.63. The summed E-state index contributed by atoms with van der Waals surface area (Å²) in [5, 5.41) is 9.80. The number of anilines is 1. The van der Waals surface area contributed by atoms with E-state index < -0.39 is 17.7 Å². The lowest BCUT2D eigenvalue weighted by Gasteiger charge is -2.20. The third kappa shape index (κ3) is 2.59. The zero-order valence-corrected chi connectivity index (χ0v) is 11.5. The molecule has 2 aromatic rings. The molecule has 20 heavy (non-hydrogen) atoms. The third-order valence-corrected chi connectivity index (χ3v) is 2.62. The number of carbonyl (C=O) groups excluding carboxylic acids is 1. The predicted molar refractivity (Wildman–Crippen MR) is 74.9 cm³/mol. The number of fused-ring (bicyclic) bond motifs is 1. The summed E-state index contributed by atoms with van der Waals surface area (Å²) in [6, 6.07) is 6.22. The Hall–Kier alpha value is -2.50. The number of hydrogen-bond donors (Lipinski definition) is 2. The molecular weight excluding hydrogens is 260 g/mol. The number of nitrogens with zero attached hydrogens (tertiary/aromatic N) is 1. The van der Waals surface area contributed by atoms with Crippen molar-refractivity contribution in [3.05, 3.63) is 30.0 Å². The maximum atomic E-state index is 12.2. The van der Waals surface area contributed by atoms with Gasteiger partial charge in [-0.3, -0.25) is 0 Å². The van der Waals surface area contributed by atoms with Gasteiger partial charge >= 0.3 is 12.1 Å². The van der Waals surface area contributed by atoms with Crippen molar-refractivity contribution in [1.82, 2.24) is 4.57 Å². The first kappa shape index (κ1) is 13.9. The van der Waals surface area contributed by atoms with Crippen LogP contribution >= 0.6 is 0 Å². The average Bonchev–Trinajstić information content (AvgIpc) is 2.64. The minimum atomic E-state index is -1.20. The highest BCUT2D eigenvalue weighted by atomic mass is 16.6. The van der Waals surface area contributed by atoms with Crippen LogP contribution in [0.2, 0.25) is 0 Å². The van der Waals surface area contributed by atoms with Crippen LogP contribution in [0, 0.1) is 0 Å². The van der Waals surface area contributed by atoms with E-state index in [2.05, 4.69) is 0 Å². The Labute approximate surface area is 115 Å². The van der Waals surface area contributed by atoms with Gasteiger partial charge in [0, 0.05) is 11.1 Å². The Morgan fingerprint density at radius 3 is 2.45 bits per heavy atom. The SMILES string of the molecule is CC(C)(C)OC(=O)n1c(C(=O)O)cc2cc(N)ccc21. The van der Waals surface area contributed by atoms with E-state index in [4.69, 9.17) is 10.5 Å². The van der Waals surface area contributed by atoms with Crippen LogP contribution in [0.25, 0.3) is 10.9 Å². The third-order valence-electron chi connectivity index (χ3n) is 2.62. The summed E-state index contributed by atoms with van der Waals surface area (Å²) in [5.74, 6) is -1.20. The molecule has 0 fully saturated rings. The second kappa shape index (κ2) is 4.56. The molecule has 0 atom stereocenters. The molecule has 0 bridgehead atoms. The molecule has 0 saturated carbocycles. The highest BCUT2D eigenvalue weighted by molar-refractivity contribution is 6.01. The van der Waals surface area contributed by atoms with Crippen LogP contribution in [-0.4, -0.2) is 27.3 Å². The van der Waals surface area contributed by atoms with E-state index in [1.807, 2.05) is 0 Å². The van der Waals surface area contributed by atoms with Crippen LogP contribution < -0.4 is 5.73 Å². The van der Waals surface area contributed by atoms with E-state index >= 15 is 0 Å². The maximum absolute atomic E-state index is 12.2. The summed E-state index contributed by atoms with van der Waals surface area (Å²) < 4.78 is 6.28. The van der Waals surface area contributed by atoms with Crippen molar-refractivity contribution in [2.45, 2.75) is 26.4 Å². The molecule has 0 spiro atoms. The fraction of sp³-hybridized carbons (Fsp3) is 0.286. The van der Waals surface area contributed by atoms with Crippen LogP contribution in [0.5, 0.6) is 0 Å². The molecule has 0 aliphatic rings. The number of rotatable bonds is 1. The topological polar surface area (TPSA) is 94.5 Å². The van der Waals surface area contributed by atoms with Gasteiger partial charge in [0.05, 0.1) is 5.52 Å². The van der Waals surface area contributed by atoms with Crippen molar-refractivity contribution in [2.24, 2.45) is 0 Å². The van der Waals surface area contributed by atoms with Gasteiger partial charge in [-0.15, -0.1) is 0 Å². The van der Waals surface area contributed by atoms with E-state index in [1.165, 1.54) is 6.07 Å². The molecule has 1 aromatic carbocycles. The zero-order chi connectivity index (χ0) is 15.1. The largest absolute Gasteiger partial charge is 0.477 e. The fourth-order valence-corrected chi connectivity index (χ4v) is 1.90. The van der Waals surface area contributed by atoms with E-state index in [9.17, 15) is 14.7 Å². The van der Waals surface area contributed by atoms with E-state index in [0.29, 0.717) is 16.6 Å². The number of carboxylic acids is 1. The van der Waals surface area contributed by atoms with Crippen LogP contribution in [0.1, 0.15) is 31.3 Å². The monoisotopic (exact) mass is 276 g/mol. The molecule has 1 heterocycles. The minimum absolute atomic E-state index is 0.153. The number of nitrogen functional groups attached to an aromatic ring is 1. The summed E-state index contributed by atoms with van der Waals surface area (Å²) in [7, 11) is 0.